The third kappa shape index (κ3) is 4.36. The topological polar surface area (TPSA) is 74.7 Å². The number of sulfonamides is 1. The Hall–Kier alpha value is -2.25. The molecule has 0 bridgehead atoms. The Morgan fingerprint density at radius 3 is 2.52 bits per heavy atom. The van der Waals surface area contributed by atoms with Crippen LogP contribution in [0.5, 0.6) is 0 Å². The first kappa shape index (κ1) is 19.5. The van der Waals surface area contributed by atoms with Crippen molar-refractivity contribution in [3.63, 3.8) is 0 Å². The molecule has 0 fully saturated rings. The predicted molar refractivity (Wildman–Crippen MR) is 109 cm³/mol. The number of fused-ring (bicyclic) bond motifs is 1. The predicted octanol–water partition coefficient (Wildman–Crippen LogP) is 3.65. The van der Waals surface area contributed by atoms with E-state index in [0.29, 0.717) is 18.9 Å². The van der Waals surface area contributed by atoms with E-state index in [1.807, 2.05) is 19.9 Å². The molecular weight excluding hydrogens is 360 g/mol. The summed E-state index contributed by atoms with van der Waals surface area (Å²) in [5, 5.41) is 4.56. The fourth-order valence-electron chi connectivity index (χ4n) is 3.31. The fourth-order valence-corrected chi connectivity index (χ4v) is 4.72. The summed E-state index contributed by atoms with van der Waals surface area (Å²) in [6, 6.07) is 11.6. The first-order valence-corrected chi connectivity index (χ1v) is 10.9. The van der Waals surface area contributed by atoms with Gasteiger partial charge in [-0.2, -0.15) is 9.41 Å². The van der Waals surface area contributed by atoms with Crippen LogP contribution in [-0.4, -0.2) is 36.5 Å². The summed E-state index contributed by atoms with van der Waals surface area (Å²) in [5.74, 6) is 0.530. The second-order valence-electron chi connectivity index (χ2n) is 6.50. The van der Waals surface area contributed by atoms with Gasteiger partial charge < -0.3 is 0 Å². The lowest BCUT2D eigenvalue weighted by Crippen LogP contribution is -2.30. The van der Waals surface area contributed by atoms with E-state index in [4.69, 9.17) is 0 Å². The van der Waals surface area contributed by atoms with E-state index in [9.17, 15) is 8.42 Å². The van der Waals surface area contributed by atoms with Crippen molar-refractivity contribution in [3.05, 3.63) is 53.7 Å². The number of nitrogens with zero attached hydrogens (tertiary/aromatic N) is 3. The summed E-state index contributed by atoms with van der Waals surface area (Å²) in [6.45, 7) is 4.52. The lowest BCUT2D eigenvalue weighted by molar-refractivity contribution is 0.445. The van der Waals surface area contributed by atoms with Crippen molar-refractivity contribution in [1.29, 1.82) is 0 Å². The number of hydrazone groups is 1. The molecule has 0 saturated carbocycles. The minimum Gasteiger partial charge on any atom is -0.261 e. The highest BCUT2D eigenvalue weighted by Gasteiger charge is 2.21. The largest absolute Gasteiger partial charge is 0.261 e. The maximum Gasteiger partial charge on any atom is 0.244 e. The summed E-state index contributed by atoms with van der Waals surface area (Å²) in [6.07, 6.45) is 5.64. The second kappa shape index (κ2) is 8.63. The molecule has 6 nitrogen and oxygen atoms in total. The van der Waals surface area contributed by atoms with Crippen LogP contribution in [0, 0.1) is 0 Å². The van der Waals surface area contributed by atoms with E-state index in [2.05, 4.69) is 33.7 Å². The van der Waals surface area contributed by atoms with E-state index in [0.717, 1.165) is 31.4 Å². The highest BCUT2D eigenvalue weighted by atomic mass is 32.2. The molecule has 0 aliphatic heterocycles. The molecule has 27 heavy (non-hydrogen) atoms. The molecular formula is C20H26N4O2S. The van der Waals surface area contributed by atoms with Crippen molar-refractivity contribution in [1.82, 2.24) is 9.29 Å². The van der Waals surface area contributed by atoms with Crippen LogP contribution < -0.4 is 5.43 Å². The lowest BCUT2D eigenvalue weighted by atomic mass is 10.0. The number of hydrogen-bond acceptors (Lipinski definition) is 5. The zero-order valence-corrected chi connectivity index (χ0v) is 16.7. The van der Waals surface area contributed by atoms with Crippen molar-refractivity contribution >= 4 is 21.6 Å². The fraction of sp³-hybridized carbons (Fsp3) is 0.400. The zero-order chi connectivity index (χ0) is 19.3. The molecule has 0 atom stereocenters. The Balaban J connectivity index is 1.79. The molecule has 1 aliphatic rings. The molecule has 1 aliphatic carbocycles. The van der Waals surface area contributed by atoms with Crippen LogP contribution in [0.25, 0.3) is 0 Å². The van der Waals surface area contributed by atoms with Crippen molar-refractivity contribution < 1.29 is 8.42 Å². The molecule has 1 aromatic carbocycles. The van der Waals surface area contributed by atoms with Gasteiger partial charge in [0.2, 0.25) is 10.0 Å². The van der Waals surface area contributed by atoms with E-state index in [1.54, 1.807) is 12.1 Å². The first-order chi connectivity index (χ1) is 13.1. The normalized spacial score (nSPS) is 16.2. The third-order valence-electron chi connectivity index (χ3n) is 4.82. The number of aromatic nitrogens is 1. The van der Waals surface area contributed by atoms with Gasteiger partial charge in [-0.1, -0.05) is 38.1 Å². The minimum absolute atomic E-state index is 0.198. The van der Waals surface area contributed by atoms with Crippen LogP contribution in [0.4, 0.5) is 5.82 Å². The third-order valence-corrected chi connectivity index (χ3v) is 6.86. The van der Waals surface area contributed by atoms with Gasteiger partial charge in [0.05, 0.1) is 5.71 Å². The van der Waals surface area contributed by atoms with Crippen molar-refractivity contribution in [2.24, 2.45) is 5.10 Å². The Bertz CT molecular complexity index is 904. The number of rotatable bonds is 6. The smallest absolute Gasteiger partial charge is 0.244 e. The number of pyridine rings is 1. The zero-order valence-electron chi connectivity index (χ0n) is 15.9. The molecule has 0 radical (unpaired) electrons. The van der Waals surface area contributed by atoms with Gasteiger partial charge in [0.15, 0.2) is 0 Å². The Kier molecular flexibility index (Phi) is 6.23. The van der Waals surface area contributed by atoms with Crippen LogP contribution in [-0.2, 0) is 16.4 Å². The molecule has 0 unspecified atom stereocenters. The summed E-state index contributed by atoms with van der Waals surface area (Å²) < 4.78 is 26.5. The number of anilines is 1. The highest BCUT2D eigenvalue weighted by Crippen LogP contribution is 2.21. The Morgan fingerprint density at radius 2 is 1.81 bits per heavy atom. The van der Waals surface area contributed by atoms with E-state index in [1.165, 1.54) is 21.6 Å². The second-order valence-corrected chi connectivity index (χ2v) is 8.44. The molecule has 1 aromatic heterocycles. The van der Waals surface area contributed by atoms with Crippen molar-refractivity contribution in [3.8, 4) is 0 Å². The quantitative estimate of drug-likeness (QED) is 0.607. The number of aryl methyl sites for hydroxylation is 1. The van der Waals surface area contributed by atoms with Crippen LogP contribution >= 0.6 is 0 Å². The summed E-state index contributed by atoms with van der Waals surface area (Å²) in [7, 11) is -3.49. The van der Waals surface area contributed by atoms with Gasteiger partial charge in [0.1, 0.15) is 10.7 Å². The molecule has 0 saturated heterocycles. The van der Waals surface area contributed by atoms with Crippen LogP contribution in [0.15, 0.2) is 52.6 Å². The molecule has 1 heterocycles. The molecule has 0 spiro atoms. The molecule has 3 rings (SSSR count). The SMILES string of the molecule is CCN(CC)S(=O)(=O)c1ccc(NN=C2CCCCc3ccccc32)nc1. The Labute approximate surface area is 161 Å². The van der Waals surface area contributed by atoms with E-state index < -0.39 is 10.0 Å². The summed E-state index contributed by atoms with van der Waals surface area (Å²) >= 11 is 0. The molecule has 2 aromatic rings. The van der Waals surface area contributed by atoms with Gasteiger partial charge in [0.25, 0.3) is 0 Å². The average molecular weight is 387 g/mol. The highest BCUT2D eigenvalue weighted by molar-refractivity contribution is 7.89. The monoisotopic (exact) mass is 386 g/mol. The van der Waals surface area contributed by atoms with Crippen LogP contribution in [0.2, 0.25) is 0 Å². The molecule has 0 amide bonds. The minimum atomic E-state index is -3.49. The van der Waals surface area contributed by atoms with Gasteiger partial charge >= 0.3 is 0 Å². The summed E-state index contributed by atoms with van der Waals surface area (Å²) in [5.41, 5.74) is 6.51. The van der Waals surface area contributed by atoms with Crippen LogP contribution in [0.3, 0.4) is 0 Å². The van der Waals surface area contributed by atoms with Gasteiger partial charge in [-0.05, 0) is 43.4 Å². The van der Waals surface area contributed by atoms with Crippen molar-refractivity contribution in [2.45, 2.75) is 44.4 Å². The molecule has 1 N–H and O–H groups in total. The molecule has 7 heteroatoms. The number of hydrogen-bond donors (Lipinski definition) is 1. The van der Waals surface area contributed by atoms with Crippen molar-refractivity contribution in [2.75, 3.05) is 18.5 Å². The van der Waals surface area contributed by atoms with Gasteiger partial charge in [-0.3, -0.25) is 5.43 Å². The van der Waals surface area contributed by atoms with Crippen LogP contribution in [0.1, 0.15) is 44.2 Å². The maximum absolute atomic E-state index is 12.5. The van der Waals surface area contributed by atoms with Gasteiger partial charge in [-0.15, -0.1) is 0 Å². The van der Waals surface area contributed by atoms with Gasteiger partial charge in [0, 0.05) is 24.8 Å². The summed E-state index contributed by atoms with van der Waals surface area (Å²) in [4.78, 5) is 4.43. The van der Waals surface area contributed by atoms with E-state index in [-0.39, 0.29) is 4.90 Å². The maximum atomic E-state index is 12.5. The number of nitrogens with one attached hydrogen (secondary N) is 1. The first-order valence-electron chi connectivity index (χ1n) is 9.43. The number of benzene rings is 1. The van der Waals surface area contributed by atoms with Gasteiger partial charge in [-0.25, -0.2) is 13.4 Å². The Morgan fingerprint density at radius 1 is 1.07 bits per heavy atom. The molecule has 144 valence electrons. The van der Waals surface area contributed by atoms with E-state index >= 15 is 0 Å². The standard InChI is InChI=1S/C20H26N4O2S/c1-3-24(4-2)27(25,26)17-13-14-20(21-15-17)23-22-19-12-8-6-10-16-9-5-7-11-18(16)19/h5,7,9,11,13-15H,3-4,6,8,10,12H2,1-2H3,(H,21,23). The lowest BCUT2D eigenvalue weighted by Gasteiger charge is -2.18. The average Bonchev–Trinajstić information content (AvgIpc) is 2.90.